The SMILES string of the molecule is [C-]#[N+][C@@H](c1cc(OC)ccc1OC)S(=O)(=O)c1ccc(C)cc1. The Balaban J connectivity index is 2.59. The second kappa shape index (κ2) is 6.71. The minimum Gasteiger partial charge on any atom is -0.497 e. The summed E-state index contributed by atoms with van der Waals surface area (Å²) in [5, 5.41) is -1.39. The first-order valence-electron chi connectivity index (χ1n) is 6.83. The molecule has 0 aliphatic heterocycles. The summed E-state index contributed by atoms with van der Waals surface area (Å²) in [6, 6.07) is 11.2. The fourth-order valence-corrected chi connectivity index (χ4v) is 3.63. The summed E-state index contributed by atoms with van der Waals surface area (Å²) in [6.45, 7) is 9.26. The van der Waals surface area contributed by atoms with Crippen LogP contribution in [0.4, 0.5) is 0 Å². The van der Waals surface area contributed by atoms with Crippen molar-refractivity contribution < 1.29 is 17.9 Å². The van der Waals surface area contributed by atoms with Gasteiger partial charge in [-0.2, -0.15) is 0 Å². The molecule has 0 radical (unpaired) electrons. The standard InChI is InChI=1S/C17H17NO4S/c1-12-5-8-14(9-6-12)23(19,20)17(18-2)15-11-13(21-3)7-10-16(15)22-4/h5-11,17H,1,3-4H3/t17-/m1/s1. The molecule has 1 atom stereocenters. The van der Waals surface area contributed by atoms with Crippen molar-refractivity contribution in [2.45, 2.75) is 17.2 Å². The van der Waals surface area contributed by atoms with Crippen molar-refractivity contribution in [3.8, 4) is 11.5 Å². The monoisotopic (exact) mass is 331 g/mol. The van der Waals surface area contributed by atoms with Gasteiger partial charge in [-0.25, -0.2) is 15.0 Å². The molecule has 6 heteroatoms. The number of hydrogen-bond acceptors (Lipinski definition) is 4. The van der Waals surface area contributed by atoms with Crippen molar-refractivity contribution in [2.75, 3.05) is 14.2 Å². The Morgan fingerprint density at radius 1 is 1.04 bits per heavy atom. The predicted molar refractivity (Wildman–Crippen MR) is 87.3 cm³/mol. The molecule has 2 aromatic carbocycles. The summed E-state index contributed by atoms with van der Waals surface area (Å²) in [4.78, 5) is 3.44. The Labute approximate surface area is 136 Å². The van der Waals surface area contributed by atoms with E-state index in [1.54, 1.807) is 24.3 Å². The molecule has 0 aliphatic rings. The van der Waals surface area contributed by atoms with Crippen LogP contribution in [-0.4, -0.2) is 22.6 Å². The van der Waals surface area contributed by atoms with Gasteiger partial charge in [-0.1, -0.05) is 17.7 Å². The highest BCUT2D eigenvalue weighted by molar-refractivity contribution is 7.91. The van der Waals surface area contributed by atoms with Crippen molar-refractivity contribution in [3.63, 3.8) is 0 Å². The Hall–Kier alpha value is -2.52. The molecule has 0 unspecified atom stereocenters. The van der Waals surface area contributed by atoms with Crippen LogP contribution in [0.1, 0.15) is 16.5 Å². The van der Waals surface area contributed by atoms with E-state index < -0.39 is 15.2 Å². The first-order valence-corrected chi connectivity index (χ1v) is 8.37. The summed E-state index contributed by atoms with van der Waals surface area (Å²) in [5.41, 5.74) is 1.21. The highest BCUT2D eigenvalue weighted by Gasteiger charge is 2.37. The molecule has 2 aromatic rings. The molecule has 0 aromatic heterocycles. The van der Waals surface area contributed by atoms with E-state index in [-0.39, 0.29) is 10.5 Å². The van der Waals surface area contributed by atoms with E-state index in [1.165, 1.54) is 32.4 Å². The van der Waals surface area contributed by atoms with Gasteiger partial charge in [0.05, 0.1) is 24.7 Å². The second-order valence-corrected chi connectivity index (χ2v) is 6.96. The van der Waals surface area contributed by atoms with Gasteiger partial charge in [0.25, 0.3) is 9.84 Å². The highest BCUT2D eigenvalue weighted by Crippen LogP contribution is 2.37. The first-order chi connectivity index (χ1) is 10.9. The molecular weight excluding hydrogens is 314 g/mol. The van der Waals surface area contributed by atoms with Gasteiger partial charge in [0.1, 0.15) is 11.5 Å². The molecule has 23 heavy (non-hydrogen) atoms. The number of rotatable bonds is 5. The summed E-state index contributed by atoms with van der Waals surface area (Å²) in [6.07, 6.45) is 0. The fourth-order valence-electron chi connectivity index (χ4n) is 2.20. The normalized spacial score (nSPS) is 12.3. The molecule has 0 saturated heterocycles. The molecule has 0 heterocycles. The van der Waals surface area contributed by atoms with Gasteiger partial charge >= 0.3 is 5.37 Å². The molecule has 0 N–H and O–H groups in total. The molecule has 0 saturated carbocycles. The Morgan fingerprint density at radius 3 is 2.22 bits per heavy atom. The first kappa shape index (κ1) is 16.8. The van der Waals surface area contributed by atoms with Crippen LogP contribution in [0.3, 0.4) is 0 Å². The average molecular weight is 331 g/mol. The minimum absolute atomic E-state index is 0.106. The van der Waals surface area contributed by atoms with Gasteiger partial charge in [-0.05, 0) is 37.3 Å². The largest absolute Gasteiger partial charge is 0.497 e. The molecule has 120 valence electrons. The molecular formula is C17H17NO4S. The van der Waals surface area contributed by atoms with E-state index in [0.29, 0.717) is 11.5 Å². The average Bonchev–Trinajstić information content (AvgIpc) is 2.55. The predicted octanol–water partition coefficient (Wildman–Crippen LogP) is 3.40. The van der Waals surface area contributed by atoms with E-state index in [9.17, 15) is 8.42 Å². The molecule has 0 spiro atoms. The minimum atomic E-state index is -3.87. The number of ether oxygens (including phenoxy) is 2. The number of sulfone groups is 1. The maximum atomic E-state index is 12.8. The maximum absolute atomic E-state index is 12.8. The van der Waals surface area contributed by atoms with Crippen LogP contribution in [0.25, 0.3) is 4.85 Å². The van der Waals surface area contributed by atoms with E-state index in [1.807, 2.05) is 6.92 Å². The Morgan fingerprint density at radius 2 is 1.70 bits per heavy atom. The lowest BCUT2D eigenvalue weighted by molar-refractivity contribution is 0.399. The fraction of sp³-hybridized carbons (Fsp3) is 0.235. The van der Waals surface area contributed by atoms with Gasteiger partial charge in [0.15, 0.2) is 0 Å². The second-order valence-electron chi connectivity index (χ2n) is 4.95. The highest BCUT2D eigenvalue weighted by atomic mass is 32.2. The topological polar surface area (TPSA) is 57.0 Å². The van der Waals surface area contributed by atoms with Crippen LogP contribution in [0.5, 0.6) is 11.5 Å². The third-order valence-corrected chi connectivity index (χ3v) is 5.34. The number of methoxy groups -OCH3 is 2. The third-order valence-electron chi connectivity index (χ3n) is 3.46. The van der Waals surface area contributed by atoms with Crippen molar-refractivity contribution in [3.05, 3.63) is 65.0 Å². The number of nitrogens with zero attached hydrogens (tertiary/aromatic N) is 1. The van der Waals surface area contributed by atoms with Crippen LogP contribution in [0.2, 0.25) is 0 Å². The van der Waals surface area contributed by atoms with Gasteiger partial charge in [-0.3, -0.25) is 4.85 Å². The van der Waals surface area contributed by atoms with E-state index in [0.717, 1.165) is 5.56 Å². The Bertz CT molecular complexity index is 836. The summed E-state index contributed by atoms with van der Waals surface area (Å²) in [5.74, 6) is 0.802. The van der Waals surface area contributed by atoms with Gasteiger partial charge in [0, 0.05) is 0 Å². The van der Waals surface area contributed by atoms with Crippen LogP contribution in [-0.2, 0) is 9.84 Å². The molecule has 0 aliphatic carbocycles. The van der Waals surface area contributed by atoms with Crippen molar-refractivity contribution in [2.24, 2.45) is 0 Å². The lowest BCUT2D eigenvalue weighted by Crippen LogP contribution is -2.12. The smallest absolute Gasteiger partial charge is 0.353 e. The number of hydrogen-bond donors (Lipinski definition) is 0. The molecule has 2 rings (SSSR count). The lowest BCUT2D eigenvalue weighted by atomic mass is 10.2. The van der Waals surface area contributed by atoms with E-state index in [4.69, 9.17) is 16.0 Å². The van der Waals surface area contributed by atoms with E-state index >= 15 is 0 Å². The van der Waals surface area contributed by atoms with Crippen molar-refractivity contribution in [1.29, 1.82) is 0 Å². The summed E-state index contributed by atoms with van der Waals surface area (Å²) in [7, 11) is -0.954. The number of aryl methyl sites for hydroxylation is 1. The van der Waals surface area contributed by atoms with Crippen molar-refractivity contribution >= 4 is 9.84 Å². The quantitative estimate of drug-likeness (QED) is 0.788. The number of benzene rings is 2. The van der Waals surface area contributed by atoms with Crippen LogP contribution < -0.4 is 9.47 Å². The molecule has 0 amide bonds. The van der Waals surface area contributed by atoms with Crippen LogP contribution >= 0.6 is 0 Å². The zero-order valence-electron chi connectivity index (χ0n) is 13.1. The zero-order valence-corrected chi connectivity index (χ0v) is 13.9. The Kier molecular flexibility index (Phi) is 4.92. The van der Waals surface area contributed by atoms with Gasteiger partial charge in [0.2, 0.25) is 0 Å². The maximum Gasteiger partial charge on any atom is 0.353 e. The van der Waals surface area contributed by atoms with Gasteiger partial charge < -0.3 is 9.47 Å². The molecule has 0 bridgehead atoms. The molecule has 0 fully saturated rings. The van der Waals surface area contributed by atoms with Crippen LogP contribution in [0, 0.1) is 13.5 Å². The summed E-state index contributed by atoms with van der Waals surface area (Å²) >= 11 is 0. The lowest BCUT2D eigenvalue weighted by Gasteiger charge is -2.13. The zero-order chi connectivity index (χ0) is 17.0. The third kappa shape index (κ3) is 3.30. The van der Waals surface area contributed by atoms with E-state index in [2.05, 4.69) is 4.85 Å². The van der Waals surface area contributed by atoms with Crippen LogP contribution in [0.15, 0.2) is 47.4 Å². The van der Waals surface area contributed by atoms with Gasteiger partial charge in [-0.15, -0.1) is 0 Å². The summed E-state index contributed by atoms with van der Waals surface area (Å²) < 4.78 is 36.0. The molecule has 5 nitrogen and oxygen atoms in total. The van der Waals surface area contributed by atoms with Crippen molar-refractivity contribution in [1.82, 2.24) is 0 Å².